The molecule has 0 saturated heterocycles. The minimum absolute atomic E-state index is 0.274. The van der Waals surface area contributed by atoms with Crippen molar-refractivity contribution in [3.05, 3.63) is 76.7 Å². The van der Waals surface area contributed by atoms with Crippen molar-refractivity contribution in [2.75, 3.05) is 0 Å². The molecule has 0 bridgehead atoms. The number of fused-ring (bicyclic) bond motifs is 1. The van der Waals surface area contributed by atoms with Crippen LogP contribution in [-0.4, -0.2) is 19.7 Å². The van der Waals surface area contributed by atoms with E-state index >= 15 is 0 Å². The second-order valence-electron chi connectivity index (χ2n) is 8.37. The van der Waals surface area contributed by atoms with Gasteiger partial charge in [0.15, 0.2) is 5.82 Å². The van der Waals surface area contributed by atoms with Gasteiger partial charge in [-0.2, -0.15) is 4.98 Å². The number of rotatable bonds is 6. The smallest absolute Gasteiger partial charge is 0.223 e. The van der Waals surface area contributed by atoms with Crippen LogP contribution in [0.2, 0.25) is 5.02 Å². The standard InChI is InChI=1S/C24H26ClN5O/c1-17-27-23(29-31-17)24(12-6-3-7-13-24)26-15-22-28-20-14-19(25)10-11-21(20)30(22)16-18-8-4-2-5-9-18/h2,4-5,8-11,14,26H,3,6-7,12-13,15-16H2,1H3. The lowest BCUT2D eigenvalue weighted by atomic mass is 9.81. The van der Waals surface area contributed by atoms with Gasteiger partial charge in [0, 0.05) is 18.5 Å². The van der Waals surface area contributed by atoms with E-state index in [1.54, 1.807) is 0 Å². The molecule has 5 rings (SSSR count). The summed E-state index contributed by atoms with van der Waals surface area (Å²) >= 11 is 6.25. The fourth-order valence-corrected chi connectivity index (χ4v) is 4.77. The number of hydrogen-bond donors (Lipinski definition) is 1. The molecule has 0 radical (unpaired) electrons. The fourth-order valence-electron chi connectivity index (χ4n) is 4.61. The maximum atomic E-state index is 6.25. The van der Waals surface area contributed by atoms with Crippen LogP contribution in [0.5, 0.6) is 0 Å². The third-order valence-electron chi connectivity index (χ3n) is 6.22. The average molecular weight is 436 g/mol. The molecule has 4 aromatic rings. The highest BCUT2D eigenvalue weighted by Crippen LogP contribution is 2.36. The van der Waals surface area contributed by atoms with Crippen LogP contribution in [0, 0.1) is 6.92 Å². The molecule has 1 aliphatic carbocycles. The second-order valence-corrected chi connectivity index (χ2v) is 8.80. The van der Waals surface area contributed by atoms with Gasteiger partial charge in [-0.15, -0.1) is 0 Å². The van der Waals surface area contributed by atoms with Crippen molar-refractivity contribution in [3.8, 4) is 0 Å². The number of halogens is 1. The van der Waals surface area contributed by atoms with E-state index in [2.05, 4.69) is 50.4 Å². The number of aryl methyl sites for hydroxylation is 1. The number of hydrogen-bond acceptors (Lipinski definition) is 5. The Hall–Kier alpha value is -2.70. The van der Waals surface area contributed by atoms with Crippen molar-refractivity contribution in [2.45, 2.75) is 57.7 Å². The molecule has 6 nitrogen and oxygen atoms in total. The van der Waals surface area contributed by atoms with Crippen molar-refractivity contribution in [1.29, 1.82) is 0 Å². The highest BCUT2D eigenvalue weighted by Gasteiger charge is 2.38. The molecule has 1 fully saturated rings. The lowest BCUT2D eigenvalue weighted by molar-refractivity contribution is 0.208. The maximum Gasteiger partial charge on any atom is 0.223 e. The van der Waals surface area contributed by atoms with Gasteiger partial charge in [0.25, 0.3) is 0 Å². The molecule has 0 aliphatic heterocycles. The van der Waals surface area contributed by atoms with E-state index in [0.717, 1.165) is 54.9 Å². The van der Waals surface area contributed by atoms with Gasteiger partial charge in [-0.05, 0) is 36.6 Å². The summed E-state index contributed by atoms with van der Waals surface area (Å²) in [5.74, 6) is 2.34. The number of nitrogens with zero attached hydrogens (tertiary/aromatic N) is 4. The molecular formula is C24H26ClN5O. The summed E-state index contributed by atoms with van der Waals surface area (Å²) in [4.78, 5) is 9.51. The number of nitrogens with one attached hydrogen (secondary N) is 1. The van der Waals surface area contributed by atoms with E-state index in [4.69, 9.17) is 21.1 Å². The zero-order chi connectivity index (χ0) is 21.3. The molecule has 0 unspecified atom stereocenters. The van der Waals surface area contributed by atoms with E-state index in [9.17, 15) is 0 Å². The van der Waals surface area contributed by atoms with E-state index in [1.165, 1.54) is 12.0 Å². The molecule has 0 spiro atoms. The van der Waals surface area contributed by atoms with Crippen LogP contribution in [0.3, 0.4) is 0 Å². The summed E-state index contributed by atoms with van der Waals surface area (Å²) in [5.41, 5.74) is 2.95. The summed E-state index contributed by atoms with van der Waals surface area (Å²) in [7, 11) is 0. The number of aromatic nitrogens is 4. The Balaban J connectivity index is 1.49. The van der Waals surface area contributed by atoms with Crippen molar-refractivity contribution < 1.29 is 4.52 Å². The van der Waals surface area contributed by atoms with Crippen LogP contribution < -0.4 is 5.32 Å². The zero-order valence-corrected chi connectivity index (χ0v) is 18.4. The van der Waals surface area contributed by atoms with Gasteiger partial charge in [-0.3, -0.25) is 5.32 Å². The molecule has 1 saturated carbocycles. The van der Waals surface area contributed by atoms with Crippen molar-refractivity contribution in [2.24, 2.45) is 0 Å². The monoisotopic (exact) mass is 435 g/mol. The topological polar surface area (TPSA) is 68.8 Å². The van der Waals surface area contributed by atoms with Crippen LogP contribution >= 0.6 is 11.6 Å². The molecule has 7 heteroatoms. The highest BCUT2D eigenvalue weighted by atomic mass is 35.5. The van der Waals surface area contributed by atoms with Crippen LogP contribution in [0.4, 0.5) is 0 Å². The van der Waals surface area contributed by atoms with E-state index < -0.39 is 0 Å². The normalized spacial score (nSPS) is 16.1. The third kappa shape index (κ3) is 4.10. The third-order valence-corrected chi connectivity index (χ3v) is 6.46. The van der Waals surface area contributed by atoms with Gasteiger partial charge in [-0.1, -0.05) is 66.4 Å². The quantitative estimate of drug-likeness (QED) is 0.440. The predicted molar refractivity (Wildman–Crippen MR) is 121 cm³/mol. The molecule has 160 valence electrons. The molecule has 0 amide bonds. The first kappa shape index (κ1) is 20.2. The first-order chi connectivity index (χ1) is 15.1. The molecule has 1 N–H and O–H groups in total. The minimum Gasteiger partial charge on any atom is -0.340 e. The molecule has 2 aromatic heterocycles. The first-order valence-electron chi connectivity index (χ1n) is 10.9. The Morgan fingerprint density at radius 1 is 1.06 bits per heavy atom. The lowest BCUT2D eigenvalue weighted by Gasteiger charge is -2.35. The second kappa shape index (κ2) is 8.44. The number of benzene rings is 2. The zero-order valence-electron chi connectivity index (χ0n) is 17.6. The largest absolute Gasteiger partial charge is 0.340 e. The molecular weight excluding hydrogens is 410 g/mol. The molecule has 2 heterocycles. The van der Waals surface area contributed by atoms with Gasteiger partial charge in [0.05, 0.1) is 23.1 Å². The van der Waals surface area contributed by atoms with Crippen LogP contribution in [-0.2, 0) is 18.6 Å². The van der Waals surface area contributed by atoms with Crippen LogP contribution in [0.1, 0.15) is 55.2 Å². The summed E-state index contributed by atoms with van der Waals surface area (Å²) in [6.07, 6.45) is 5.53. The summed E-state index contributed by atoms with van der Waals surface area (Å²) in [5, 5.41) is 8.75. The predicted octanol–water partition coefficient (Wildman–Crippen LogP) is 5.38. The Morgan fingerprint density at radius 2 is 1.87 bits per heavy atom. The molecule has 0 atom stereocenters. The van der Waals surface area contributed by atoms with Crippen molar-refractivity contribution in [3.63, 3.8) is 0 Å². The maximum absolute atomic E-state index is 6.25. The Morgan fingerprint density at radius 3 is 2.61 bits per heavy atom. The Kier molecular flexibility index (Phi) is 5.50. The highest BCUT2D eigenvalue weighted by molar-refractivity contribution is 6.31. The van der Waals surface area contributed by atoms with Crippen LogP contribution in [0.25, 0.3) is 11.0 Å². The van der Waals surface area contributed by atoms with Crippen molar-refractivity contribution in [1.82, 2.24) is 25.0 Å². The van der Waals surface area contributed by atoms with Gasteiger partial charge in [0.2, 0.25) is 5.89 Å². The van der Waals surface area contributed by atoms with E-state index in [0.29, 0.717) is 17.5 Å². The van der Waals surface area contributed by atoms with E-state index in [1.807, 2.05) is 25.1 Å². The number of imidazole rings is 1. The van der Waals surface area contributed by atoms with Gasteiger partial charge >= 0.3 is 0 Å². The molecule has 2 aromatic carbocycles. The van der Waals surface area contributed by atoms with E-state index in [-0.39, 0.29) is 5.54 Å². The SMILES string of the molecule is Cc1nc(C2(NCc3nc4cc(Cl)ccc4n3Cc3ccccc3)CCCCC2)no1. The molecule has 1 aliphatic rings. The van der Waals surface area contributed by atoms with Crippen LogP contribution in [0.15, 0.2) is 53.1 Å². The summed E-state index contributed by atoms with van der Waals surface area (Å²) < 4.78 is 7.59. The van der Waals surface area contributed by atoms with Gasteiger partial charge in [-0.25, -0.2) is 4.98 Å². The Bertz CT molecular complexity index is 1180. The Labute approximate surface area is 186 Å². The lowest BCUT2D eigenvalue weighted by Crippen LogP contribution is -2.45. The van der Waals surface area contributed by atoms with Crippen molar-refractivity contribution >= 4 is 22.6 Å². The van der Waals surface area contributed by atoms with Gasteiger partial charge < -0.3 is 9.09 Å². The summed E-state index contributed by atoms with van der Waals surface area (Å²) in [6.45, 7) is 3.22. The molecule has 31 heavy (non-hydrogen) atoms. The minimum atomic E-state index is -0.274. The average Bonchev–Trinajstić information content (AvgIpc) is 3.37. The fraction of sp³-hybridized carbons (Fsp3) is 0.375. The summed E-state index contributed by atoms with van der Waals surface area (Å²) in [6, 6.07) is 16.4. The first-order valence-corrected chi connectivity index (χ1v) is 11.3. The van der Waals surface area contributed by atoms with Gasteiger partial charge in [0.1, 0.15) is 5.82 Å².